The van der Waals surface area contributed by atoms with E-state index in [1.54, 1.807) is 9.80 Å². The molecule has 0 bridgehead atoms. The Bertz CT molecular complexity index is 520. The quantitative estimate of drug-likeness (QED) is 0.494. The van der Waals surface area contributed by atoms with Crippen LogP contribution in [-0.2, 0) is 19.1 Å². The first-order chi connectivity index (χ1) is 11.7. The summed E-state index contributed by atoms with van der Waals surface area (Å²) < 4.78 is 5.21. The molecule has 0 saturated carbocycles. The van der Waals surface area contributed by atoms with Gasteiger partial charge in [0.2, 0.25) is 5.91 Å². The summed E-state index contributed by atoms with van der Waals surface area (Å²) in [6.07, 6.45) is 6.88. The van der Waals surface area contributed by atoms with E-state index in [4.69, 9.17) is 4.74 Å². The lowest BCUT2D eigenvalue weighted by Gasteiger charge is -2.37. The molecule has 3 rings (SSSR count). The molecule has 0 aromatic rings. The van der Waals surface area contributed by atoms with E-state index in [1.807, 2.05) is 4.90 Å². The fourth-order valence-corrected chi connectivity index (χ4v) is 3.44. The maximum atomic E-state index is 12.5. The van der Waals surface area contributed by atoms with Gasteiger partial charge in [0, 0.05) is 45.2 Å². The molecule has 0 N–H and O–H groups in total. The van der Waals surface area contributed by atoms with E-state index in [9.17, 15) is 14.4 Å². The molecule has 2 aliphatic heterocycles. The molecule has 0 spiro atoms. The SMILES string of the molecule is O=C(C(=O)N1CCN(C(=O)C2CC=CCC2)CC1)N1CCOCC1. The van der Waals surface area contributed by atoms with E-state index < -0.39 is 11.8 Å². The first-order valence-corrected chi connectivity index (χ1v) is 8.76. The molecule has 3 amide bonds. The molecule has 3 aliphatic rings. The van der Waals surface area contributed by atoms with Gasteiger partial charge in [-0.15, -0.1) is 0 Å². The topological polar surface area (TPSA) is 70.2 Å². The van der Waals surface area contributed by atoms with Crippen LogP contribution < -0.4 is 0 Å². The fourth-order valence-electron chi connectivity index (χ4n) is 3.44. The number of hydrogen-bond donors (Lipinski definition) is 0. The number of hydrogen-bond acceptors (Lipinski definition) is 4. The molecule has 7 nitrogen and oxygen atoms in total. The third-order valence-electron chi connectivity index (χ3n) is 4.98. The van der Waals surface area contributed by atoms with Crippen molar-refractivity contribution >= 4 is 17.7 Å². The summed E-state index contributed by atoms with van der Waals surface area (Å²) in [5.74, 6) is -0.640. The highest BCUT2D eigenvalue weighted by atomic mass is 16.5. The molecule has 0 radical (unpaired) electrons. The van der Waals surface area contributed by atoms with Crippen molar-refractivity contribution in [1.82, 2.24) is 14.7 Å². The van der Waals surface area contributed by atoms with Gasteiger partial charge < -0.3 is 19.4 Å². The second-order valence-corrected chi connectivity index (χ2v) is 6.50. The zero-order valence-corrected chi connectivity index (χ0v) is 14.0. The van der Waals surface area contributed by atoms with Gasteiger partial charge in [0.25, 0.3) is 0 Å². The summed E-state index contributed by atoms with van der Waals surface area (Å²) in [7, 11) is 0. The van der Waals surface area contributed by atoms with Crippen molar-refractivity contribution in [3.8, 4) is 0 Å². The maximum absolute atomic E-state index is 12.5. The van der Waals surface area contributed by atoms with Crippen molar-refractivity contribution in [2.75, 3.05) is 52.5 Å². The molecular weight excluding hydrogens is 310 g/mol. The van der Waals surface area contributed by atoms with Crippen LogP contribution in [0.25, 0.3) is 0 Å². The molecule has 24 heavy (non-hydrogen) atoms. The zero-order chi connectivity index (χ0) is 16.9. The number of carbonyl (C=O) groups excluding carboxylic acids is 3. The highest BCUT2D eigenvalue weighted by Crippen LogP contribution is 2.21. The molecule has 1 aliphatic carbocycles. The van der Waals surface area contributed by atoms with Crippen LogP contribution in [0.1, 0.15) is 19.3 Å². The number of carbonyl (C=O) groups is 3. The Hall–Kier alpha value is -1.89. The van der Waals surface area contributed by atoms with Gasteiger partial charge in [0.1, 0.15) is 0 Å². The van der Waals surface area contributed by atoms with Gasteiger partial charge in [0.15, 0.2) is 0 Å². The number of amides is 3. The average molecular weight is 335 g/mol. The molecule has 2 heterocycles. The summed E-state index contributed by atoms with van der Waals surface area (Å²) in [6.45, 7) is 3.81. The Kier molecular flexibility index (Phi) is 5.50. The summed E-state index contributed by atoms with van der Waals surface area (Å²) >= 11 is 0. The van der Waals surface area contributed by atoms with E-state index >= 15 is 0 Å². The number of nitrogens with zero attached hydrogens (tertiary/aromatic N) is 3. The average Bonchev–Trinajstić information content (AvgIpc) is 2.68. The lowest BCUT2D eigenvalue weighted by Crippen LogP contribution is -2.56. The molecule has 7 heteroatoms. The summed E-state index contributed by atoms with van der Waals surface area (Å²) in [5, 5.41) is 0. The number of morpholine rings is 1. The second-order valence-electron chi connectivity index (χ2n) is 6.50. The van der Waals surface area contributed by atoms with E-state index in [-0.39, 0.29) is 11.8 Å². The van der Waals surface area contributed by atoms with Gasteiger partial charge in [-0.1, -0.05) is 12.2 Å². The van der Waals surface area contributed by atoms with Crippen molar-refractivity contribution < 1.29 is 19.1 Å². The smallest absolute Gasteiger partial charge is 0.312 e. The van der Waals surface area contributed by atoms with Crippen LogP contribution in [0.2, 0.25) is 0 Å². The normalized spacial score (nSPS) is 24.8. The number of allylic oxidation sites excluding steroid dienone is 2. The van der Waals surface area contributed by atoms with Gasteiger partial charge >= 0.3 is 11.8 Å². The first-order valence-electron chi connectivity index (χ1n) is 8.76. The van der Waals surface area contributed by atoms with Gasteiger partial charge in [0.05, 0.1) is 13.2 Å². The van der Waals surface area contributed by atoms with Gasteiger partial charge in [-0.3, -0.25) is 14.4 Å². The monoisotopic (exact) mass is 335 g/mol. The van der Waals surface area contributed by atoms with Crippen LogP contribution in [0, 0.1) is 5.92 Å². The Labute approximate surface area is 142 Å². The maximum Gasteiger partial charge on any atom is 0.312 e. The number of piperazine rings is 1. The Morgan fingerprint density at radius 1 is 0.792 bits per heavy atom. The minimum atomic E-state index is -0.454. The number of ether oxygens (including phenoxy) is 1. The minimum Gasteiger partial charge on any atom is -0.378 e. The molecule has 1 atom stereocenters. The predicted octanol–water partition coefficient (Wildman–Crippen LogP) is -0.128. The van der Waals surface area contributed by atoms with E-state index in [2.05, 4.69) is 12.2 Å². The minimum absolute atomic E-state index is 0.0761. The lowest BCUT2D eigenvalue weighted by molar-refractivity contribution is -0.156. The third kappa shape index (κ3) is 3.77. The standard InChI is InChI=1S/C17H25N3O4/c21-15(14-4-2-1-3-5-14)18-6-8-19(9-7-18)16(22)17(23)20-10-12-24-13-11-20/h1-2,14H,3-13H2. The Morgan fingerprint density at radius 2 is 1.38 bits per heavy atom. The Balaban J connectivity index is 1.49. The molecular formula is C17H25N3O4. The highest BCUT2D eigenvalue weighted by molar-refractivity contribution is 6.34. The highest BCUT2D eigenvalue weighted by Gasteiger charge is 2.32. The zero-order valence-electron chi connectivity index (χ0n) is 14.0. The summed E-state index contributed by atoms with van der Waals surface area (Å²) in [6, 6.07) is 0. The second kappa shape index (κ2) is 7.79. The van der Waals surface area contributed by atoms with Gasteiger partial charge in [-0.25, -0.2) is 0 Å². The van der Waals surface area contributed by atoms with Crippen LogP contribution >= 0.6 is 0 Å². The lowest BCUT2D eigenvalue weighted by atomic mass is 9.93. The van der Waals surface area contributed by atoms with Crippen LogP contribution in [0.3, 0.4) is 0 Å². The molecule has 2 saturated heterocycles. The molecule has 0 aromatic heterocycles. The van der Waals surface area contributed by atoms with Crippen molar-refractivity contribution in [3.63, 3.8) is 0 Å². The van der Waals surface area contributed by atoms with Crippen molar-refractivity contribution in [2.45, 2.75) is 19.3 Å². The van der Waals surface area contributed by atoms with Gasteiger partial charge in [-0.05, 0) is 19.3 Å². The van der Waals surface area contributed by atoms with Crippen LogP contribution in [0.5, 0.6) is 0 Å². The molecule has 132 valence electrons. The predicted molar refractivity (Wildman–Crippen MR) is 87.0 cm³/mol. The third-order valence-corrected chi connectivity index (χ3v) is 4.98. The van der Waals surface area contributed by atoms with Crippen molar-refractivity contribution in [1.29, 1.82) is 0 Å². The van der Waals surface area contributed by atoms with Crippen LogP contribution in [0.15, 0.2) is 12.2 Å². The number of rotatable bonds is 1. The molecule has 1 unspecified atom stereocenters. The van der Waals surface area contributed by atoms with Crippen LogP contribution in [0.4, 0.5) is 0 Å². The first kappa shape index (κ1) is 17.0. The van der Waals surface area contributed by atoms with Crippen LogP contribution in [-0.4, -0.2) is 84.9 Å². The molecule has 2 fully saturated rings. The largest absolute Gasteiger partial charge is 0.378 e. The summed E-state index contributed by atoms with van der Waals surface area (Å²) in [4.78, 5) is 42.1. The summed E-state index contributed by atoms with van der Waals surface area (Å²) in [5.41, 5.74) is 0. The van der Waals surface area contributed by atoms with Gasteiger partial charge in [-0.2, -0.15) is 0 Å². The van der Waals surface area contributed by atoms with E-state index in [0.717, 1.165) is 19.3 Å². The molecule has 0 aromatic carbocycles. The fraction of sp³-hybridized carbons (Fsp3) is 0.706. The Morgan fingerprint density at radius 3 is 1.96 bits per heavy atom. The van der Waals surface area contributed by atoms with E-state index in [1.165, 1.54) is 0 Å². The van der Waals surface area contributed by atoms with E-state index in [0.29, 0.717) is 52.5 Å². The van der Waals surface area contributed by atoms with Crippen molar-refractivity contribution in [2.24, 2.45) is 5.92 Å². The van der Waals surface area contributed by atoms with Crippen molar-refractivity contribution in [3.05, 3.63) is 12.2 Å².